The normalized spacial score (nSPS) is 10.8. The summed E-state index contributed by atoms with van der Waals surface area (Å²) in [6, 6.07) is 2.10. The Bertz CT molecular complexity index is 512. The third-order valence-corrected chi connectivity index (χ3v) is 4.24. The van der Waals surface area contributed by atoms with Crippen LogP contribution in [-0.2, 0) is 0 Å². The van der Waals surface area contributed by atoms with Crippen molar-refractivity contribution in [3.05, 3.63) is 11.4 Å². The molecule has 18 heavy (non-hydrogen) atoms. The molecule has 0 atom stereocenters. The summed E-state index contributed by atoms with van der Waals surface area (Å²) in [5.74, 6) is 2.89. The Labute approximate surface area is 116 Å². The predicted molar refractivity (Wildman–Crippen MR) is 83.2 cm³/mol. The Morgan fingerprint density at radius 3 is 3.00 bits per heavy atom. The Morgan fingerprint density at radius 2 is 2.28 bits per heavy atom. The molecule has 0 aliphatic heterocycles. The Balaban J connectivity index is 2.27. The van der Waals surface area contributed by atoms with Crippen molar-refractivity contribution in [2.24, 2.45) is 0 Å². The average molecular weight is 282 g/mol. The lowest BCUT2D eigenvalue weighted by molar-refractivity contribution is 0.848. The monoisotopic (exact) mass is 282 g/mol. The summed E-state index contributed by atoms with van der Waals surface area (Å²) >= 11 is 3.54. The van der Waals surface area contributed by atoms with E-state index in [2.05, 4.69) is 44.9 Å². The molecule has 6 heteroatoms. The van der Waals surface area contributed by atoms with E-state index in [4.69, 9.17) is 0 Å². The van der Waals surface area contributed by atoms with Crippen molar-refractivity contribution < 1.29 is 0 Å². The number of hydrogen-bond acceptors (Lipinski definition) is 6. The number of aromatic nitrogens is 2. The lowest BCUT2D eigenvalue weighted by Gasteiger charge is -2.19. The maximum absolute atomic E-state index is 4.57. The predicted octanol–water partition coefficient (Wildman–Crippen LogP) is 2.92. The maximum Gasteiger partial charge on any atom is 0.225 e. The molecule has 0 unspecified atom stereocenters. The molecule has 0 fully saturated rings. The van der Waals surface area contributed by atoms with Gasteiger partial charge in [-0.1, -0.05) is 0 Å². The number of anilines is 2. The van der Waals surface area contributed by atoms with E-state index >= 15 is 0 Å². The van der Waals surface area contributed by atoms with Crippen LogP contribution in [0.15, 0.2) is 11.4 Å². The van der Waals surface area contributed by atoms with Gasteiger partial charge in [0.15, 0.2) is 0 Å². The molecule has 1 N–H and O–H groups in total. The van der Waals surface area contributed by atoms with Crippen molar-refractivity contribution >= 4 is 45.1 Å². The summed E-state index contributed by atoms with van der Waals surface area (Å²) in [5.41, 5.74) is 0. The van der Waals surface area contributed by atoms with Crippen LogP contribution in [0.4, 0.5) is 11.8 Å². The van der Waals surface area contributed by atoms with E-state index in [0.717, 1.165) is 22.6 Å². The highest BCUT2D eigenvalue weighted by Crippen LogP contribution is 2.28. The fourth-order valence-electron chi connectivity index (χ4n) is 1.79. The summed E-state index contributed by atoms with van der Waals surface area (Å²) in [5, 5.41) is 6.24. The van der Waals surface area contributed by atoms with E-state index in [-0.39, 0.29) is 0 Å². The van der Waals surface area contributed by atoms with Gasteiger partial charge in [0.05, 0.1) is 5.39 Å². The number of hydrogen-bond donors (Lipinski definition) is 1. The molecule has 2 rings (SSSR count). The number of thioether (sulfide) groups is 1. The van der Waals surface area contributed by atoms with E-state index < -0.39 is 0 Å². The van der Waals surface area contributed by atoms with Crippen LogP contribution >= 0.6 is 23.1 Å². The molecule has 2 aromatic rings. The van der Waals surface area contributed by atoms with Crippen LogP contribution in [0, 0.1) is 0 Å². The van der Waals surface area contributed by atoms with Crippen LogP contribution in [0.1, 0.15) is 6.42 Å². The van der Waals surface area contributed by atoms with Crippen molar-refractivity contribution in [1.82, 2.24) is 9.97 Å². The molecule has 0 aliphatic carbocycles. The van der Waals surface area contributed by atoms with Gasteiger partial charge < -0.3 is 10.2 Å². The van der Waals surface area contributed by atoms with Crippen molar-refractivity contribution in [3.8, 4) is 0 Å². The summed E-state index contributed by atoms with van der Waals surface area (Å²) in [7, 11) is 3.95. The molecule has 0 aromatic carbocycles. The quantitative estimate of drug-likeness (QED) is 0.825. The van der Waals surface area contributed by atoms with Gasteiger partial charge in [-0.25, -0.2) is 4.98 Å². The third kappa shape index (κ3) is 2.87. The first-order valence-electron chi connectivity index (χ1n) is 5.89. The van der Waals surface area contributed by atoms with Gasteiger partial charge in [-0.15, -0.1) is 11.3 Å². The van der Waals surface area contributed by atoms with E-state index in [1.165, 1.54) is 12.2 Å². The molecule has 98 valence electrons. The highest BCUT2D eigenvalue weighted by atomic mass is 32.2. The first-order chi connectivity index (χ1) is 8.76. The summed E-state index contributed by atoms with van der Waals surface area (Å²) < 4.78 is 0. The van der Waals surface area contributed by atoms with Crippen LogP contribution in [-0.4, -0.2) is 42.6 Å². The number of nitrogens with one attached hydrogen (secondary N) is 1. The van der Waals surface area contributed by atoms with Gasteiger partial charge in [0.25, 0.3) is 0 Å². The number of nitrogens with zero attached hydrogens (tertiary/aromatic N) is 3. The number of thiophene rings is 1. The first kappa shape index (κ1) is 13.4. The van der Waals surface area contributed by atoms with Gasteiger partial charge in [-0.2, -0.15) is 16.7 Å². The summed E-state index contributed by atoms with van der Waals surface area (Å²) in [6.07, 6.45) is 3.31. The minimum Gasteiger partial charge on any atom is -0.359 e. The van der Waals surface area contributed by atoms with Crippen LogP contribution in [0.25, 0.3) is 10.2 Å². The Morgan fingerprint density at radius 1 is 1.44 bits per heavy atom. The summed E-state index contributed by atoms with van der Waals surface area (Å²) in [6.45, 7) is 1.02. The zero-order valence-corrected chi connectivity index (χ0v) is 12.6. The first-order valence-corrected chi connectivity index (χ1v) is 8.16. The molecule has 0 saturated carbocycles. The van der Waals surface area contributed by atoms with Crippen LogP contribution < -0.4 is 10.2 Å². The van der Waals surface area contributed by atoms with E-state index in [9.17, 15) is 0 Å². The number of rotatable bonds is 6. The minimum atomic E-state index is 0.691. The fourth-order valence-corrected chi connectivity index (χ4v) is 2.97. The molecule has 0 spiro atoms. The lowest BCUT2D eigenvalue weighted by Crippen LogP contribution is -2.21. The van der Waals surface area contributed by atoms with Gasteiger partial charge >= 0.3 is 0 Å². The smallest absolute Gasteiger partial charge is 0.225 e. The Hall–Kier alpha value is -1.01. The maximum atomic E-state index is 4.57. The van der Waals surface area contributed by atoms with Gasteiger partial charge in [0.1, 0.15) is 10.6 Å². The largest absolute Gasteiger partial charge is 0.359 e. The minimum absolute atomic E-state index is 0.691. The van der Waals surface area contributed by atoms with E-state index in [0.29, 0.717) is 5.95 Å². The van der Waals surface area contributed by atoms with Crippen molar-refractivity contribution in [2.75, 3.05) is 42.9 Å². The van der Waals surface area contributed by atoms with Gasteiger partial charge in [-0.05, 0) is 29.9 Å². The third-order valence-electron chi connectivity index (χ3n) is 2.73. The second kappa shape index (κ2) is 6.24. The Kier molecular flexibility index (Phi) is 4.66. The van der Waals surface area contributed by atoms with E-state index in [1.807, 2.05) is 18.8 Å². The fraction of sp³-hybridized carbons (Fsp3) is 0.500. The van der Waals surface area contributed by atoms with Gasteiger partial charge in [0.2, 0.25) is 5.95 Å². The van der Waals surface area contributed by atoms with Crippen LogP contribution in [0.3, 0.4) is 0 Å². The van der Waals surface area contributed by atoms with E-state index in [1.54, 1.807) is 11.3 Å². The molecule has 2 heterocycles. The zero-order chi connectivity index (χ0) is 13.0. The molecule has 0 saturated heterocycles. The molecular weight excluding hydrogens is 264 g/mol. The highest BCUT2D eigenvalue weighted by molar-refractivity contribution is 7.98. The molecule has 0 aliphatic rings. The van der Waals surface area contributed by atoms with Crippen molar-refractivity contribution in [3.63, 3.8) is 0 Å². The second-order valence-electron chi connectivity index (χ2n) is 4.03. The summed E-state index contributed by atoms with van der Waals surface area (Å²) in [4.78, 5) is 12.3. The topological polar surface area (TPSA) is 41.1 Å². The molecule has 2 aromatic heterocycles. The van der Waals surface area contributed by atoms with Crippen LogP contribution in [0.5, 0.6) is 0 Å². The van der Waals surface area contributed by atoms with Gasteiger partial charge in [-0.3, -0.25) is 0 Å². The molecule has 0 radical (unpaired) electrons. The zero-order valence-electron chi connectivity index (χ0n) is 10.9. The second-order valence-corrected chi connectivity index (χ2v) is 5.91. The number of fused-ring (bicyclic) bond motifs is 1. The molecular formula is C12H18N4S2. The highest BCUT2D eigenvalue weighted by Gasteiger charge is 2.11. The standard InChI is InChI=1S/C12H18N4S2/c1-13-12-14-10(16(2)6-4-7-17-3)9-5-8-18-11(9)15-12/h5,8H,4,6-7H2,1-3H3,(H,13,14,15). The average Bonchev–Trinajstić information content (AvgIpc) is 2.85. The lowest BCUT2D eigenvalue weighted by atomic mass is 10.3. The SMILES string of the molecule is CNc1nc(N(C)CCCSC)c2ccsc2n1. The molecule has 0 bridgehead atoms. The van der Waals surface area contributed by atoms with Crippen LogP contribution in [0.2, 0.25) is 0 Å². The van der Waals surface area contributed by atoms with Crippen molar-refractivity contribution in [2.45, 2.75) is 6.42 Å². The van der Waals surface area contributed by atoms with Crippen molar-refractivity contribution in [1.29, 1.82) is 0 Å². The molecule has 0 amide bonds. The van der Waals surface area contributed by atoms with Gasteiger partial charge in [0, 0.05) is 20.6 Å². The molecule has 4 nitrogen and oxygen atoms in total.